The minimum absolute atomic E-state index is 0.0397. The van der Waals surface area contributed by atoms with Gasteiger partial charge in [-0.1, -0.05) is 24.3 Å². The van der Waals surface area contributed by atoms with E-state index in [9.17, 15) is 14.4 Å². The summed E-state index contributed by atoms with van der Waals surface area (Å²) in [6, 6.07) is 14.0. The molecule has 1 N–H and O–H groups in total. The lowest BCUT2D eigenvalue weighted by molar-refractivity contribution is -0.143. The normalized spacial score (nSPS) is 15.0. The first-order chi connectivity index (χ1) is 13.0. The van der Waals surface area contributed by atoms with Gasteiger partial charge in [0.2, 0.25) is 0 Å². The Labute approximate surface area is 169 Å². The molecule has 1 aliphatic rings. The highest BCUT2D eigenvalue weighted by Crippen LogP contribution is 2.25. The molecule has 0 radical (unpaired) electrons. The molecule has 2 amide bonds. The van der Waals surface area contributed by atoms with Crippen LogP contribution in [0, 0.1) is 3.57 Å². The van der Waals surface area contributed by atoms with Crippen molar-refractivity contribution in [2.75, 3.05) is 18.7 Å². The number of benzene rings is 2. The van der Waals surface area contributed by atoms with Gasteiger partial charge >= 0.3 is 5.97 Å². The number of para-hydroxylation sites is 1. The molecule has 1 aliphatic heterocycles. The average Bonchev–Trinajstić information content (AvgIpc) is 2.96. The third-order valence-corrected chi connectivity index (χ3v) is 4.59. The highest BCUT2D eigenvalue weighted by atomic mass is 127. The number of hydrogen-bond donors (Lipinski definition) is 1. The van der Waals surface area contributed by atoms with E-state index in [-0.39, 0.29) is 12.2 Å². The summed E-state index contributed by atoms with van der Waals surface area (Å²) in [5.74, 6) is -0.861. The second-order valence-corrected chi connectivity index (χ2v) is 6.69. The Bertz CT molecular complexity index is 927. The number of halogens is 1. The van der Waals surface area contributed by atoms with Crippen molar-refractivity contribution in [3.63, 3.8) is 0 Å². The monoisotopic (exact) mass is 478 g/mol. The van der Waals surface area contributed by atoms with Crippen molar-refractivity contribution in [2.24, 2.45) is 0 Å². The van der Waals surface area contributed by atoms with Crippen LogP contribution in [0.2, 0.25) is 0 Å². The molecule has 1 fully saturated rings. The molecule has 0 atom stereocenters. The summed E-state index contributed by atoms with van der Waals surface area (Å²) in [5, 5.41) is 1.22. The van der Waals surface area contributed by atoms with Crippen molar-refractivity contribution in [3.8, 4) is 5.75 Å². The van der Waals surface area contributed by atoms with Crippen molar-refractivity contribution in [2.45, 2.75) is 0 Å². The summed E-state index contributed by atoms with van der Waals surface area (Å²) in [7, 11) is 1.29. The Morgan fingerprint density at radius 3 is 2.59 bits per heavy atom. The standard InChI is InChI=1S/C19H15IN2O5/c1-26-17(23)11-27-16-8-7-12(10-15(16)20)9-14-18(24)21-22(19(14)25)13-5-3-2-4-6-13/h2-10H,11H2,1H3,(H,21,24)/b14-9-. The Kier molecular flexibility index (Phi) is 5.75. The van der Waals surface area contributed by atoms with E-state index in [2.05, 4.69) is 32.8 Å². The van der Waals surface area contributed by atoms with Crippen LogP contribution in [-0.4, -0.2) is 31.5 Å². The molecule has 7 nitrogen and oxygen atoms in total. The zero-order valence-corrected chi connectivity index (χ0v) is 16.4. The lowest BCUT2D eigenvalue weighted by atomic mass is 10.1. The third-order valence-electron chi connectivity index (χ3n) is 3.75. The van der Waals surface area contributed by atoms with Gasteiger partial charge in [0.05, 0.1) is 16.4 Å². The zero-order chi connectivity index (χ0) is 19.4. The number of hydrazine groups is 1. The number of carbonyl (C=O) groups excluding carboxylic acids is 3. The number of nitrogens with one attached hydrogen (secondary N) is 1. The van der Waals surface area contributed by atoms with E-state index < -0.39 is 17.8 Å². The van der Waals surface area contributed by atoms with Gasteiger partial charge in [-0.3, -0.25) is 15.0 Å². The lowest BCUT2D eigenvalue weighted by Crippen LogP contribution is -2.35. The van der Waals surface area contributed by atoms with Gasteiger partial charge in [-0.2, -0.15) is 0 Å². The second-order valence-electron chi connectivity index (χ2n) is 5.53. The fourth-order valence-electron chi connectivity index (χ4n) is 2.40. The molecule has 2 aromatic carbocycles. The molecule has 138 valence electrons. The number of esters is 1. The van der Waals surface area contributed by atoms with Gasteiger partial charge in [-0.15, -0.1) is 0 Å². The average molecular weight is 478 g/mol. The van der Waals surface area contributed by atoms with Crippen LogP contribution < -0.4 is 15.2 Å². The van der Waals surface area contributed by atoms with Crippen molar-refractivity contribution in [1.29, 1.82) is 0 Å². The molecule has 27 heavy (non-hydrogen) atoms. The predicted molar refractivity (Wildman–Crippen MR) is 107 cm³/mol. The number of carbonyl (C=O) groups is 3. The molecular weight excluding hydrogens is 463 g/mol. The SMILES string of the molecule is COC(=O)COc1ccc(/C=C2/C(=O)NN(c3ccccc3)C2=O)cc1I. The van der Waals surface area contributed by atoms with Crippen LogP contribution in [0.5, 0.6) is 5.75 Å². The van der Waals surface area contributed by atoms with E-state index in [0.29, 0.717) is 17.0 Å². The number of nitrogens with zero attached hydrogens (tertiary/aromatic N) is 1. The fraction of sp³-hybridized carbons (Fsp3) is 0.105. The number of hydrogen-bond acceptors (Lipinski definition) is 5. The molecule has 0 aromatic heterocycles. The molecule has 0 saturated carbocycles. The number of anilines is 1. The van der Waals surface area contributed by atoms with E-state index >= 15 is 0 Å². The van der Waals surface area contributed by atoms with Gasteiger partial charge in [0.1, 0.15) is 11.3 Å². The molecule has 0 spiro atoms. The van der Waals surface area contributed by atoms with Gasteiger partial charge in [0.15, 0.2) is 6.61 Å². The smallest absolute Gasteiger partial charge is 0.343 e. The molecule has 1 saturated heterocycles. The molecular formula is C19H15IN2O5. The van der Waals surface area contributed by atoms with Gasteiger partial charge < -0.3 is 9.47 Å². The van der Waals surface area contributed by atoms with E-state index in [1.54, 1.807) is 42.5 Å². The first-order valence-electron chi connectivity index (χ1n) is 7.91. The minimum Gasteiger partial charge on any atom is -0.481 e. The Morgan fingerprint density at radius 2 is 1.93 bits per heavy atom. The Morgan fingerprint density at radius 1 is 1.19 bits per heavy atom. The zero-order valence-electron chi connectivity index (χ0n) is 14.3. The number of methoxy groups -OCH3 is 1. The predicted octanol–water partition coefficient (Wildman–Crippen LogP) is 2.30. The maximum absolute atomic E-state index is 12.6. The van der Waals surface area contributed by atoms with E-state index in [0.717, 1.165) is 3.57 Å². The van der Waals surface area contributed by atoms with Gasteiger partial charge in [0, 0.05) is 0 Å². The summed E-state index contributed by atoms with van der Waals surface area (Å²) in [5.41, 5.74) is 3.84. The first kappa shape index (κ1) is 18.9. The summed E-state index contributed by atoms with van der Waals surface area (Å²) < 4.78 is 10.6. The van der Waals surface area contributed by atoms with Crippen molar-refractivity contribution in [3.05, 3.63) is 63.2 Å². The molecule has 0 bridgehead atoms. The highest BCUT2D eigenvalue weighted by Gasteiger charge is 2.34. The molecule has 2 aromatic rings. The van der Waals surface area contributed by atoms with Gasteiger partial charge in [0.25, 0.3) is 11.8 Å². The molecule has 1 heterocycles. The van der Waals surface area contributed by atoms with Gasteiger partial charge in [-0.05, 0) is 58.5 Å². The van der Waals surface area contributed by atoms with Crippen molar-refractivity contribution < 1.29 is 23.9 Å². The Balaban J connectivity index is 1.80. The Hall–Kier alpha value is -2.88. The van der Waals surface area contributed by atoms with Crippen molar-refractivity contribution >= 4 is 52.1 Å². The topological polar surface area (TPSA) is 84.9 Å². The summed E-state index contributed by atoms with van der Waals surface area (Å²) >= 11 is 2.05. The molecule has 3 rings (SSSR count). The minimum atomic E-state index is -0.480. The van der Waals surface area contributed by atoms with Crippen LogP contribution in [0.1, 0.15) is 5.56 Å². The third kappa shape index (κ3) is 4.27. The van der Waals surface area contributed by atoms with Gasteiger partial charge in [-0.25, -0.2) is 9.80 Å². The quantitative estimate of drug-likeness (QED) is 0.309. The fourth-order valence-corrected chi connectivity index (χ4v) is 3.10. The van der Waals surface area contributed by atoms with Crippen LogP contribution in [0.25, 0.3) is 6.08 Å². The van der Waals surface area contributed by atoms with Crippen LogP contribution >= 0.6 is 22.6 Å². The highest BCUT2D eigenvalue weighted by molar-refractivity contribution is 14.1. The number of amides is 2. The molecule has 0 unspecified atom stereocenters. The summed E-state index contributed by atoms with van der Waals surface area (Å²) in [6.07, 6.45) is 1.52. The molecule has 8 heteroatoms. The van der Waals surface area contributed by atoms with Crippen molar-refractivity contribution in [1.82, 2.24) is 5.43 Å². The number of rotatable bonds is 5. The lowest BCUT2D eigenvalue weighted by Gasteiger charge is -2.13. The first-order valence-corrected chi connectivity index (χ1v) is 8.99. The van der Waals surface area contributed by atoms with Crippen LogP contribution in [0.15, 0.2) is 54.1 Å². The van der Waals surface area contributed by atoms with E-state index in [1.807, 2.05) is 6.07 Å². The summed E-state index contributed by atoms with van der Waals surface area (Å²) in [6.45, 7) is -0.195. The second kappa shape index (κ2) is 8.21. The largest absolute Gasteiger partial charge is 0.481 e. The van der Waals surface area contributed by atoms with Crippen LogP contribution in [0.3, 0.4) is 0 Å². The van der Waals surface area contributed by atoms with E-state index in [4.69, 9.17) is 4.74 Å². The maximum Gasteiger partial charge on any atom is 0.343 e. The van der Waals surface area contributed by atoms with E-state index in [1.165, 1.54) is 18.2 Å². The molecule has 0 aliphatic carbocycles. The summed E-state index contributed by atoms with van der Waals surface area (Å²) in [4.78, 5) is 36.0. The van der Waals surface area contributed by atoms with Crippen LogP contribution in [0.4, 0.5) is 5.69 Å². The number of ether oxygens (including phenoxy) is 2. The maximum atomic E-state index is 12.6. The van der Waals surface area contributed by atoms with Crippen LogP contribution in [-0.2, 0) is 19.1 Å².